The van der Waals surface area contributed by atoms with E-state index in [-0.39, 0.29) is 0 Å². The standard InChI is InChI=1S/C17H21NO3/c1-3-19-14-4-6-15(7-5-14)20-10-11-21-16-8-9-17(18)13(2)12-16/h4-9,12H,3,10-11,18H2,1-2H3. The van der Waals surface area contributed by atoms with Gasteiger partial charge in [-0.15, -0.1) is 0 Å². The van der Waals surface area contributed by atoms with Gasteiger partial charge in [0, 0.05) is 5.69 Å². The van der Waals surface area contributed by atoms with Crippen molar-refractivity contribution in [2.45, 2.75) is 13.8 Å². The van der Waals surface area contributed by atoms with E-state index in [0.717, 1.165) is 28.5 Å². The van der Waals surface area contributed by atoms with Gasteiger partial charge in [0.15, 0.2) is 0 Å². The lowest BCUT2D eigenvalue weighted by atomic mass is 10.2. The van der Waals surface area contributed by atoms with Crippen LogP contribution in [0.4, 0.5) is 5.69 Å². The quantitative estimate of drug-likeness (QED) is 0.626. The van der Waals surface area contributed by atoms with E-state index in [1.807, 2.05) is 56.3 Å². The van der Waals surface area contributed by atoms with E-state index in [1.165, 1.54) is 0 Å². The summed E-state index contributed by atoms with van der Waals surface area (Å²) < 4.78 is 16.6. The zero-order chi connectivity index (χ0) is 15.1. The summed E-state index contributed by atoms with van der Waals surface area (Å²) >= 11 is 0. The highest BCUT2D eigenvalue weighted by molar-refractivity contribution is 5.49. The van der Waals surface area contributed by atoms with Crippen LogP contribution in [0, 0.1) is 6.92 Å². The molecule has 4 heteroatoms. The maximum Gasteiger partial charge on any atom is 0.122 e. The van der Waals surface area contributed by atoms with E-state index in [1.54, 1.807) is 0 Å². The van der Waals surface area contributed by atoms with Crippen molar-refractivity contribution in [3.63, 3.8) is 0 Å². The topological polar surface area (TPSA) is 53.7 Å². The van der Waals surface area contributed by atoms with Gasteiger partial charge >= 0.3 is 0 Å². The summed E-state index contributed by atoms with van der Waals surface area (Å²) in [6.07, 6.45) is 0. The molecule has 2 rings (SSSR count). The zero-order valence-corrected chi connectivity index (χ0v) is 12.5. The summed E-state index contributed by atoms with van der Waals surface area (Å²) in [6.45, 7) is 5.54. The molecule has 0 aromatic heterocycles. The van der Waals surface area contributed by atoms with Crippen LogP contribution < -0.4 is 19.9 Å². The first-order valence-electron chi connectivity index (χ1n) is 7.03. The van der Waals surface area contributed by atoms with E-state index in [0.29, 0.717) is 19.8 Å². The van der Waals surface area contributed by atoms with E-state index >= 15 is 0 Å². The first-order chi connectivity index (χ1) is 10.2. The second-order valence-corrected chi connectivity index (χ2v) is 4.62. The molecule has 0 aliphatic rings. The van der Waals surface area contributed by atoms with Crippen molar-refractivity contribution in [2.24, 2.45) is 0 Å². The maximum absolute atomic E-state index is 5.76. The van der Waals surface area contributed by atoms with Crippen LogP contribution >= 0.6 is 0 Å². The highest BCUT2D eigenvalue weighted by Crippen LogP contribution is 2.19. The summed E-state index contributed by atoms with van der Waals surface area (Å²) in [5.41, 5.74) is 7.55. The Morgan fingerprint density at radius 1 is 0.810 bits per heavy atom. The van der Waals surface area contributed by atoms with Crippen molar-refractivity contribution in [1.29, 1.82) is 0 Å². The van der Waals surface area contributed by atoms with Gasteiger partial charge in [-0.05, 0) is 61.9 Å². The smallest absolute Gasteiger partial charge is 0.122 e. The first-order valence-corrected chi connectivity index (χ1v) is 7.03. The minimum absolute atomic E-state index is 0.483. The van der Waals surface area contributed by atoms with E-state index in [9.17, 15) is 0 Å². The molecule has 0 aliphatic carbocycles. The lowest BCUT2D eigenvalue weighted by Crippen LogP contribution is -2.09. The van der Waals surface area contributed by atoms with Gasteiger partial charge in [0.25, 0.3) is 0 Å². The molecule has 2 aromatic carbocycles. The van der Waals surface area contributed by atoms with Gasteiger partial charge in [-0.2, -0.15) is 0 Å². The van der Waals surface area contributed by atoms with E-state index in [4.69, 9.17) is 19.9 Å². The molecule has 0 amide bonds. The van der Waals surface area contributed by atoms with Crippen LogP contribution in [-0.2, 0) is 0 Å². The minimum Gasteiger partial charge on any atom is -0.494 e. The van der Waals surface area contributed by atoms with Crippen molar-refractivity contribution >= 4 is 5.69 Å². The van der Waals surface area contributed by atoms with Gasteiger partial charge in [0.05, 0.1) is 6.61 Å². The average Bonchev–Trinajstić information content (AvgIpc) is 2.49. The average molecular weight is 287 g/mol. The lowest BCUT2D eigenvalue weighted by molar-refractivity contribution is 0.217. The molecule has 2 aromatic rings. The van der Waals surface area contributed by atoms with Gasteiger partial charge in [-0.25, -0.2) is 0 Å². The Hall–Kier alpha value is -2.36. The Labute approximate surface area is 125 Å². The Bertz CT molecular complexity index is 567. The molecule has 2 N–H and O–H groups in total. The zero-order valence-electron chi connectivity index (χ0n) is 12.5. The Morgan fingerprint density at radius 2 is 1.33 bits per heavy atom. The van der Waals surface area contributed by atoms with Gasteiger partial charge < -0.3 is 19.9 Å². The Morgan fingerprint density at radius 3 is 1.90 bits per heavy atom. The van der Waals surface area contributed by atoms with Gasteiger partial charge in [0.2, 0.25) is 0 Å². The number of nitrogen functional groups attached to an aromatic ring is 1. The summed E-state index contributed by atoms with van der Waals surface area (Å²) in [7, 11) is 0. The Kier molecular flexibility index (Phi) is 5.32. The SMILES string of the molecule is CCOc1ccc(OCCOc2ccc(N)c(C)c2)cc1. The summed E-state index contributed by atoms with van der Waals surface area (Å²) in [6, 6.07) is 13.2. The molecule has 0 atom stereocenters. The monoisotopic (exact) mass is 287 g/mol. The number of ether oxygens (including phenoxy) is 3. The van der Waals surface area contributed by atoms with Crippen LogP contribution in [0.25, 0.3) is 0 Å². The highest BCUT2D eigenvalue weighted by atomic mass is 16.5. The fourth-order valence-corrected chi connectivity index (χ4v) is 1.86. The molecular formula is C17H21NO3. The van der Waals surface area contributed by atoms with Crippen LogP contribution in [0.5, 0.6) is 17.2 Å². The molecular weight excluding hydrogens is 266 g/mol. The van der Waals surface area contributed by atoms with E-state index < -0.39 is 0 Å². The van der Waals surface area contributed by atoms with Crippen molar-refractivity contribution < 1.29 is 14.2 Å². The predicted molar refractivity (Wildman–Crippen MR) is 84.2 cm³/mol. The second kappa shape index (κ2) is 7.43. The Balaban J connectivity index is 1.75. The van der Waals surface area contributed by atoms with Crippen LogP contribution in [0.2, 0.25) is 0 Å². The molecule has 0 saturated heterocycles. The number of anilines is 1. The molecule has 0 fully saturated rings. The first kappa shape index (κ1) is 15.0. The number of hydrogen-bond acceptors (Lipinski definition) is 4. The molecule has 4 nitrogen and oxygen atoms in total. The van der Waals surface area contributed by atoms with Crippen LogP contribution in [0.3, 0.4) is 0 Å². The van der Waals surface area contributed by atoms with Crippen molar-refractivity contribution in [3.8, 4) is 17.2 Å². The van der Waals surface area contributed by atoms with Crippen LogP contribution in [0.1, 0.15) is 12.5 Å². The molecule has 0 bridgehead atoms. The fourth-order valence-electron chi connectivity index (χ4n) is 1.86. The van der Waals surface area contributed by atoms with Crippen molar-refractivity contribution in [1.82, 2.24) is 0 Å². The molecule has 0 unspecified atom stereocenters. The number of hydrogen-bond donors (Lipinski definition) is 1. The van der Waals surface area contributed by atoms with Crippen molar-refractivity contribution in [3.05, 3.63) is 48.0 Å². The third-order valence-corrected chi connectivity index (χ3v) is 3.00. The molecule has 0 spiro atoms. The molecule has 0 radical (unpaired) electrons. The number of rotatable bonds is 7. The molecule has 112 valence electrons. The van der Waals surface area contributed by atoms with Crippen LogP contribution in [-0.4, -0.2) is 19.8 Å². The number of nitrogens with two attached hydrogens (primary N) is 1. The van der Waals surface area contributed by atoms with E-state index in [2.05, 4.69) is 0 Å². The van der Waals surface area contributed by atoms with Gasteiger partial charge in [-0.1, -0.05) is 0 Å². The second-order valence-electron chi connectivity index (χ2n) is 4.62. The molecule has 0 heterocycles. The number of aryl methyl sites for hydroxylation is 1. The summed E-state index contributed by atoms with van der Waals surface area (Å²) in [5, 5.41) is 0. The summed E-state index contributed by atoms with van der Waals surface area (Å²) in [5.74, 6) is 2.45. The number of benzene rings is 2. The third kappa shape index (κ3) is 4.60. The third-order valence-electron chi connectivity index (χ3n) is 3.00. The molecule has 0 saturated carbocycles. The summed E-state index contributed by atoms with van der Waals surface area (Å²) in [4.78, 5) is 0. The molecule has 0 aliphatic heterocycles. The molecule has 21 heavy (non-hydrogen) atoms. The normalized spacial score (nSPS) is 10.2. The predicted octanol–water partition coefficient (Wildman–Crippen LogP) is 3.43. The van der Waals surface area contributed by atoms with Crippen LogP contribution in [0.15, 0.2) is 42.5 Å². The largest absolute Gasteiger partial charge is 0.494 e. The van der Waals surface area contributed by atoms with Crippen molar-refractivity contribution in [2.75, 3.05) is 25.6 Å². The highest BCUT2D eigenvalue weighted by Gasteiger charge is 1.99. The lowest BCUT2D eigenvalue weighted by Gasteiger charge is -2.10. The van der Waals surface area contributed by atoms with Gasteiger partial charge in [0.1, 0.15) is 30.5 Å². The minimum atomic E-state index is 0.483. The van der Waals surface area contributed by atoms with Gasteiger partial charge in [-0.3, -0.25) is 0 Å². The maximum atomic E-state index is 5.76. The fraction of sp³-hybridized carbons (Fsp3) is 0.294.